The van der Waals surface area contributed by atoms with Crippen molar-refractivity contribution in [1.82, 2.24) is 14.9 Å². The van der Waals surface area contributed by atoms with E-state index in [0.717, 1.165) is 0 Å². The van der Waals surface area contributed by atoms with E-state index >= 15 is 0 Å². The highest BCUT2D eigenvalue weighted by Crippen LogP contribution is 2.15. The van der Waals surface area contributed by atoms with Crippen LogP contribution in [0, 0.1) is 17.0 Å². The van der Waals surface area contributed by atoms with E-state index < -0.39 is 11.0 Å². The summed E-state index contributed by atoms with van der Waals surface area (Å²) < 4.78 is 1.57. The molecule has 1 aromatic heterocycles. The molecule has 0 saturated carbocycles. The van der Waals surface area contributed by atoms with Crippen molar-refractivity contribution in [3.05, 3.63) is 74.7 Å². The van der Waals surface area contributed by atoms with E-state index in [-0.39, 0.29) is 24.3 Å². The van der Waals surface area contributed by atoms with Gasteiger partial charge in [0.15, 0.2) is 0 Å². The molecule has 2 amide bonds. The Labute approximate surface area is 153 Å². The van der Waals surface area contributed by atoms with E-state index in [1.165, 1.54) is 24.3 Å². The molecular weight excluding hydrogens is 350 g/mol. The van der Waals surface area contributed by atoms with Gasteiger partial charge >= 0.3 is 6.03 Å². The van der Waals surface area contributed by atoms with Crippen LogP contribution in [0.4, 0.5) is 16.2 Å². The summed E-state index contributed by atoms with van der Waals surface area (Å²) in [5, 5.41) is 15.9. The number of nitrogens with zero attached hydrogens (tertiary/aromatic N) is 3. The first-order valence-corrected chi connectivity index (χ1v) is 8.21. The third-order valence-corrected chi connectivity index (χ3v) is 3.97. The molecule has 2 N–H and O–H groups in total. The Kier molecular flexibility index (Phi) is 5.11. The van der Waals surface area contributed by atoms with Crippen molar-refractivity contribution in [2.75, 3.05) is 11.9 Å². The van der Waals surface area contributed by atoms with Crippen molar-refractivity contribution in [1.29, 1.82) is 0 Å². The standard InChI is InChI=1S/C18H17N5O4/c1-12-17(24)22(16-5-3-2-4-15(16)20-12)11-10-19-18(25)21-13-6-8-14(9-7-13)23(26)27/h2-9H,10-11H2,1H3,(H2,19,21,25). The summed E-state index contributed by atoms with van der Waals surface area (Å²) in [6, 6.07) is 12.3. The van der Waals surface area contributed by atoms with Crippen molar-refractivity contribution >= 4 is 28.4 Å². The lowest BCUT2D eigenvalue weighted by Crippen LogP contribution is -2.34. The number of anilines is 1. The summed E-state index contributed by atoms with van der Waals surface area (Å²) in [6.07, 6.45) is 0. The topological polar surface area (TPSA) is 119 Å². The molecule has 0 aliphatic rings. The number of benzene rings is 2. The van der Waals surface area contributed by atoms with E-state index in [1.807, 2.05) is 18.2 Å². The first-order valence-electron chi connectivity index (χ1n) is 8.21. The number of nitrogens with one attached hydrogen (secondary N) is 2. The van der Waals surface area contributed by atoms with Crippen LogP contribution in [0.5, 0.6) is 0 Å². The monoisotopic (exact) mass is 367 g/mol. The lowest BCUT2D eigenvalue weighted by Gasteiger charge is -2.12. The minimum atomic E-state index is -0.511. The van der Waals surface area contributed by atoms with Gasteiger partial charge in [0.05, 0.1) is 16.0 Å². The minimum Gasteiger partial charge on any atom is -0.336 e. The summed E-state index contributed by atoms with van der Waals surface area (Å²) in [4.78, 5) is 38.7. The van der Waals surface area contributed by atoms with Crippen LogP contribution in [0.2, 0.25) is 0 Å². The third-order valence-electron chi connectivity index (χ3n) is 3.97. The number of aromatic nitrogens is 2. The molecule has 9 nitrogen and oxygen atoms in total. The van der Waals surface area contributed by atoms with Gasteiger partial charge in [0, 0.05) is 30.9 Å². The van der Waals surface area contributed by atoms with Gasteiger partial charge in [-0.25, -0.2) is 9.78 Å². The molecule has 0 aliphatic heterocycles. The zero-order valence-corrected chi connectivity index (χ0v) is 14.5. The maximum atomic E-state index is 12.4. The Morgan fingerprint density at radius 1 is 1.19 bits per heavy atom. The van der Waals surface area contributed by atoms with Crippen LogP contribution < -0.4 is 16.2 Å². The molecule has 0 saturated heterocycles. The predicted octanol–water partition coefficient (Wildman–Crippen LogP) is 2.43. The number of fused-ring (bicyclic) bond motifs is 1. The van der Waals surface area contributed by atoms with Gasteiger partial charge < -0.3 is 15.2 Å². The number of urea groups is 1. The average Bonchev–Trinajstić information content (AvgIpc) is 2.65. The molecule has 3 rings (SSSR count). The second kappa shape index (κ2) is 7.65. The van der Waals surface area contributed by atoms with Crippen molar-refractivity contribution < 1.29 is 9.72 Å². The summed E-state index contributed by atoms with van der Waals surface area (Å²) in [6.45, 7) is 2.17. The number of carbonyl (C=O) groups excluding carboxylic acids is 1. The van der Waals surface area contributed by atoms with Crippen LogP contribution >= 0.6 is 0 Å². The summed E-state index contributed by atoms with van der Waals surface area (Å²) in [5.74, 6) is 0. The molecule has 0 unspecified atom stereocenters. The highest BCUT2D eigenvalue weighted by Gasteiger charge is 2.09. The fourth-order valence-corrected chi connectivity index (χ4v) is 2.67. The number of carbonyl (C=O) groups is 1. The summed E-state index contributed by atoms with van der Waals surface area (Å²) >= 11 is 0. The number of rotatable bonds is 5. The Morgan fingerprint density at radius 2 is 1.89 bits per heavy atom. The van der Waals surface area contributed by atoms with Crippen LogP contribution in [-0.2, 0) is 6.54 Å². The zero-order valence-electron chi connectivity index (χ0n) is 14.5. The fraction of sp³-hybridized carbons (Fsp3) is 0.167. The average molecular weight is 367 g/mol. The number of aryl methyl sites for hydroxylation is 1. The first kappa shape index (κ1) is 18.1. The van der Waals surface area contributed by atoms with Crippen LogP contribution in [0.15, 0.2) is 53.3 Å². The quantitative estimate of drug-likeness (QED) is 0.530. The Balaban J connectivity index is 1.64. The molecule has 9 heteroatoms. The lowest BCUT2D eigenvalue weighted by molar-refractivity contribution is -0.384. The van der Waals surface area contributed by atoms with E-state index in [0.29, 0.717) is 22.4 Å². The lowest BCUT2D eigenvalue weighted by atomic mass is 10.2. The maximum Gasteiger partial charge on any atom is 0.319 e. The van der Waals surface area contributed by atoms with Crippen molar-refractivity contribution in [2.24, 2.45) is 0 Å². The van der Waals surface area contributed by atoms with Crippen molar-refractivity contribution in [3.8, 4) is 0 Å². The molecule has 0 aliphatic carbocycles. The molecule has 2 aromatic carbocycles. The SMILES string of the molecule is Cc1nc2ccccc2n(CCNC(=O)Nc2ccc([N+](=O)[O-])cc2)c1=O. The number of hydrogen-bond donors (Lipinski definition) is 2. The molecule has 1 heterocycles. The number of nitro benzene ring substituents is 1. The van der Waals surface area contributed by atoms with Crippen LogP contribution in [0.1, 0.15) is 5.69 Å². The molecule has 0 spiro atoms. The second-order valence-corrected chi connectivity index (χ2v) is 5.83. The normalized spacial score (nSPS) is 10.6. The van der Waals surface area contributed by atoms with Gasteiger partial charge in [-0.1, -0.05) is 12.1 Å². The summed E-state index contributed by atoms with van der Waals surface area (Å²) in [7, 11) is 0. The largest absolute Gasteiger partial charge is 0.336 e. The number of para-hydroxylation sites is 2. The van der Waals surface area contributed by atoms with Gasteiger partial charge in [0.2, 0.25) is 0 Å². The Morgan fingerprint density at radius 3 is 2.59 bits per heavy atom. The number of non-ortho nitro benzene ring substituents is 1. The molecule has 138 valence electrons. The molecule has 27 heavy (non-hydrogen) atoms. The fourth-order valence-electron chi connectivity index (χ4n) is 2.67. The second-order valence-electron chi connectivity index (χ2n) is 5.83. The van der Waals surface area contributed by atoms with E-state index in [9.17, 15) is 19.7 Å². The maximum absolute atomic E-state index is 12.4. The Bertz CT molecular complexity index is 1060. The van der Waals surface area contributed by atoms with Gasteiger partial charge in [0.25, 0.3) is 11.2 Å². The van der Waals surface area contributed by atoms with Crippen LogP contribution in [0.3, 0.4) is 0 Å². The van der Waals surface area contributed by atoms with Gasteiger partial charge in [-0.3, -0.25) is 14.9 Å². The third kappa shape index (κ3) is 4.09. The van der Waals surface area contributed by atoms with Crippen LogP contribution in [0.25, 0.3) is 11.0 Å². The first-order chi connectivity index (χ1) is 13.0. The van der Waals surface area contributed by atoms with Gasteiger partial charge in [-0.2, -0.15) is 0 Å². The molecule has 0 fully saturated rings. The van der Waals surface area contributed by atoms with Gasteiger partial charge in [0.1, 0.15) is 5.69 Å². The van der Waals surface area contributed by atoms with E-state index in [2.05, 4.69) is 15.6 Å². The highest BCUT2D eigenvalue weighted by molar-refractivity contribution is 5.89. The zero-order chi connectivity index (χ0) is 19.4. The van der Waals surface area contributed by atoms with Crippen molar-refractivity contribution in [3.63, 3.8) is 0 Å². The molecule has 0 bridgehead atoms. The highest BCUT2D eigenvalue weighted by atomic mass is 16.6. The number of nitro groups is 1. The van der Waals surface area contributed by atoms with Crippen LogP contribution in [-0.4, -0.2) is 27.1 Å². The predicted molar refractivity (Wildman–Crippen MR) is 101 cm³/mol. The molecular formula is C18H17N5O4. The van der Waals surface area contributed by atoms with Gasteiger partial charge in [-0.15, -0.1) is 0 Å². The number of amides is 2. The van der Waals surface area contributed by atoms with E-state index in [1.54, 1.807) is 17.6 Å². The summed E-state index contributed by atoms with van der Waals surface area (Å²) in [5.41, 5.74) is 1.98. The van der Waals surface area contributed by atoms with E-state index in [4.69, 9.17) is 0 Å². The smallest absolute Gasteiger partial charge is 0.319 e. The molecule has 0 radical (unpaired) electrons. The molecule has 3 aromatic rings. The van der Waals surface area contributed by atoms with Gasteiger partial charge in [-0.05, 0) is 31.2 Å². The Hall–Kier alpha value is -3.75. The molecule has 0 atom stereocenters. The van der Waals surface area contributed by atoms with Crippen molar-refractivity contribution in [2.45, 2.75) is 13.5 Å². The minimum absolute atomic E-state index is 0.0553. The number of hydrogen-bond acceptors (Lipinski definition) is 5.